The molecular formula is C15H19FN4. The summed E-state index contributed by atoms with van der Waals surface area (Å²) in [5, 5.41) is 6.26. The number of anilines is 3. The van der Waals surface area contributed by atoms with Crippen molar-refractivity contribution in [2.45, 2.75) is 27.2 Å². The molecule has 1 heterocycles. The first kappa shape index (κ1) is 14.2. The van der Waals surface area contributed by atoms with Crippen molar-refractivity contribution in [3.63, 3.8) is 0 Å². The van der Waals surface area contributed by atoms with E-state index in [0.29, 0.717) is 5.82 Å². The zero-order valence-corrected chi connectivity index (χ0v) is 12.2. The summed E-state index contributed by atoms with van der Waals surface area (Å²) in [4.78, 5) is 8.90. The predicted octanol–water partition coefficient (Wildman–Crippen LogP) is 3.58. The minimum absolute atomic E-state index is 0.269. The molecular weight excluding hydrogens is 255 g/mol. The Labute approximate surface area is 118 Å². The smallest absolute Gasteiger partial charge is 0.139 e. The van der Waals surface area contributed by atoms with Crippen molar-refractivity contribution in [2.75, 3.05) is 17.7 Å². The van der Waals surface area contributed by atoms with Crippen molar-refractivity contribution >= 4 is 17.3 Å². The lowest BCUT2D eigenvalue weighted by Crippen LogP contribution is -2.07. The van der Waals surface area contributed by atoms with Crippen molar-refractivity contribution in [3.8, 4) is 0 Å². The Morgan fingerprint density at radius 3 is 2.50 bits per heavy atom. The van der Waals surface area contributed by atoms with Gasteiger partial charge in [0.25, 0.3) is 0 Å². The Bertz CT molecular complexity index is 626. The lowest BCUT2D eigenvalue weighted by Gasteiger charge is -2.14. The molecule has 20 heavy (non-hydrogen) atoms. The lowest BCUT2D eigenvalue weighted by atomic mass is 10.2. The van der Waals surface area contributed by atoms with Crippen LogP contribution in [0.25, 0.3) is 0 Å². The minimum Gasteiger partial charge on any atom is -0.373 e. The number of benzene rings is 1. The molecule has 0 saturated carbocycles. The van der Waals surface area contributed by atoms with E-state index in [1.807, 2.05) is 27.8 Å². The largest absolute Gasteiger partial charge is 0.373 e. The fraction of sp³-hybridized carbons (Fsp3) is 0.333. The van der Waals surface area contributed by atoms with E-state index in [1.165, 1.54) is 12.1 Å². The Balaban J connectivity index is 2.44. The van der Waals surface area contributed by atoms with E-state index < -0.39 is 0 Å². The molecule has 0 radical (unpaired) electrons. The third-order valence-electron chi connectivity index (χ3n) is 3.20. The van der Waals surface area contributed by atoms with E-state index in [4.69, 9.17) is 0 Å². The van der Waals surface area contributed by atoms with Gasteiger partial charge in [0.05, 0.1) is 0 Å². The van der Waals surface area contributed by atoms with Crippen LogP contribution < -0.4 is 10.6 Å². The second-order valence-electron chi connectivity index (χ2n) is 4.65. The highest BCUT2D eigenvalue weighted by Gasteiger charge is 2.10. The molecule has 5 heteroatoms. The van der Waals surface area contributed by atoms with E-state index in [-0.39, 0.29) is 5.82 Å². The highest BCUT2D eigenvalue weighted by molar-refractivity contribution is 5.66. The van der Waals surface area contributed by atoms with Gasteiger partial charge in [0.1, 0.15) is 23.3 Å². The van der Waals surface area contributed by atoms with E-state index in [0.717, 1.165) is 34.9 Å². The molecule has 4 nitrogen and oxygen atoms in total. The van der Waals surface area contributed by atoms with Gasteiger partial charge in [-0.3, -0.25) is 0 Å². The number of aryl methyl sites for hydroxylation is 2. The molecule has 0 bridgehead atoms. The third-order valence-corrected chi connectivity index (χ3v) is 3.20. The number of hydrogen-bond acceptors (Lipinski definition) is 4. The predicted molar refractivity (Wildman–Crippen MR) is 80.1 cm³/mol. The number of nitrogens with zero attached hydrogens (tertiary/aromatic N) is 2. The maximum atomic E-state index is 13.4. The number of hydrogen-bond donors (Lipinski definition) is 2. The van der Waals surface area contributed by atoms with Gasteiger partial charge in [-0.15, -0.1) is 0 Å². The highest BCUT2D eigenvalue weighted by Crippen LogP contribution is 2.25. The summed E-state index contributed by atoms with van der Waals surface area (Å²) >= 11 is 0. The molecule has 106 valence electrons. The van der Waals surface area contributed by atoms with Crippen LogP contribution >= 0.6 is 0 Å². The van der Waals surface area contributed by atoms with Crippen LogP contribution in [0.1, 0.15) is 23.9 Å². The summed E-state index contributed by atoms with van der Waals surface area (Å²) in [5.41, 5.74) is 2.60. The minimum atomic E-state index is -0.269. The van der Waals surface area contributed by atoms with Crippen LogP contribution in [0.2, 0.25) is 0 Å². The number of nitrogens with one attached hydrogen (secondary N) is 2. The number of rotatable bonds is 4. The van der Waals surface area contributed by atoms with E-state index >= 15 is 0 Å². The van der Waals surface area contributed by atoms with Gasteiger partial charge in [0.15, 0.2) is 0 Å². The van der Waals surface area contributed by atoms with Crippen LogP contribution in [0.15, 0.2) is 18.2 Å². The van der Waals surface area contributed by atoms with Gasteiger partial charge in [-0.05, 0) is 31.5 Å². The molecule has 0 fully saturated rings. The van der Waals surface area contributed by atoms with Crippen LogP contribution in [-0.4, -0.2) is 17.0 Å². The van der Waals surface area contributed by atoms with Crippen molar-refractivity contribution in [3.05, 3.63) is 41.0 Å². The van der Waals surface area contributed by atoms with Crippen LogP contribution in [0.3, 0.4) is 0 Å². The van der Waals surface area contributed by atoms with Gasteiger partial charge < -0.3 is 10.6 Å². The normalized spacial score (nSPS) is 10.4. The van der Waals surface area contributed by atoms with Crippen molar-refractivity contribution in [1.82, 2.24) is 9.97 Å². The third kappa shape index (κ3) is 2.87. The van der Waals surface area contributed by atoms with Gasteiger partial charge in [0, 0.05) is 24.7 Å². The van der Waals surface area contributed by atoms with Gasteiger partial charge in [-0.25, -0.2) is 14.4 Å². The number of aromatic nitrogens is 2. The Kier molecular flexibility index (Phi) is 4.17. The van der Waals surface area contributed by atoms with Crippen molar-refractivity contribution in [1.29, 1.82) is 0 Å². The zero-order valence-electron chi connectivity index (χ0n) is 12.2. The zero-order chi connectivity index (χ0) is 14.7. The van der Waals surface area contributed by atoms with E-state index in [9.17, 15) is 4.39 Å². The quantitative estimate of drug-likeness (QED) is 0.894. The molecule has 0 aliphatic carbocycles. The fourth-order valence-electron chi connectivity index (χ4n) is 1.94. The molecule has 1 aromatic carbocycles. The summed E-state index contributed by atoms with van der Waals surface area (Å²) in [6, 6.07) is 4.67. The monoisotopic (exact) mass is 274 g/mol. The maximum Gasteiger partial charge on any atom is 0.139 e. The molecule has 2 aromatic rings. The molecule has 0 aliphatic rings. The summed E-state index contributed by atoms with van der Waals surface area (Å²) in [5.74, 6) is 1.97. The first-order valence-electron chi connectivity index (χ1n) is 6.63. The van der Waals surface area contributed by atoms with Gasteiger partial charge in [-0.2, -0.15) is 0 Å². The van der Waals surface area contributed by atoms with Crippen LogP contribution in [-0.2, 0) is 6.42 Å². The average molecular weight is 274 g/mol. The Morgan fingerprint density at radius 1 is 1.15 bits per heavy atom. The first-order valence-corrected chi connectivity index (χ1v) is 6.63. The fourth-order valence-corrected chi connectivity index (χ4v) is 1.94. The van der Waals surface area contributed by atoms with Crippen LogP contribution in [0, 0.1) is 19.7 Å². The standard InChI is InChI=1S/C15H19FN4/c1-5-13-19-14(17-4)10(3)15(20-13)18-12-8-11(16)7-6-9(12)2/h6-8H,5H2,1-4H3,(H2,17,18,19,20). The molecule has 0 atom stereocenters. The number of halogens is 1. The average Bonchev–Trinajstić information content (AvgIpc) is 2.45. The first-order chi connectivity index (χ1) is 9.55. The van der Waals surface area contributed by atoms with Gasteiger partial charge in [0.2, 0.25) is 0 Å². The molecule has 0 amide bonds. The van der Waals surface area contributed by atoms with Crippen molar-refractivity contribution < 1.29 is 4.39 Å². The summed E-state index contributed by atoms with van der Waals surface area (Å²) < 4.78 is 13.4. The molecule has 0 aliphatic heterocycles. The molecule has 0 spiro atoms. The van der Waals surface area contributed by atoms with Gasteiger partial charge >= 0.3 is 0 Å². The Morgan fingerprint density at radius 2 is 1.85 bits per heavy atom. The molecule has 2 rings (SSSR count). The Hall–Kier alpha value is -2.17. The SMILES string of the molecule is CCc1nc(NC)c(C)c(Nc2cc(F)ccc2C)n1. The highest BCUT2D eigenvalue weighted by atomic mass is 19.1. The second-order valence-corrected chi connectivity index (χ2v) is 4.65. The van der Waals surface area contributed by atoms with Crippen molar-refractivity contribution in [2.24, 2.45) is 0 Å². The van der Waals surface area contributed by atoms with Crippen LogP contribution in [0.5, 0.6) is 0 Å². The van der Waals surface area contributed by atoms with E-state index in [1.54, 1.807) is 6.07 Å². The van der Waals surface area contributed by atoms with Gasteiger partial charge in [-0.1, -0.05) is 13.0 Å². The van der Waals surface area contributed by atoms with Crippen LogP contribution in [0.4, 0.5) is 21.7 Å². The summed E-state index contributed by atoms with van der Waals surface area (Å²) in [7, 11) is 1.83. The molecule has 2 N–H and O–H groups in total. The lowest BCUT2D eigenvalue weighted by molar-refractivity contribution is 0.628. The topological polar surface area (TPSA) is 49.8 Å². The molecule has 1 aromatic heterocycles. The van der Waals surface area contributed by atoms with E-state index in [2.05, 4.69) is 20.6 Å². The maximum absolute atomic E-state index is 13.4. The summed E-state index contributed by atoms with van der Waals surface area (Å²) in [6.45, 7) is 5.86. The molecule has 0 unspecified atom stereocenters. The summed E-state index contributed by atoms with van der Waals surface area (Å²) in [6.07, 6.45) is 0.742. The molecule has 0 saturated heterocycles. The second kappa shape index (κ2) is 5.86.